The first-order chi connectivity index (χ1) is 12.2. The van der Waals surface area contributed by atoms with E-state index in [-0.39, 0.29) is 11.9 Å². The first kappa shape index (κ1) is 15.6. The van der Waals surface area contributed by atoms with Crippen LogP contribution in [0.2, 0.25) is 0 Å². The summed E-state index contributed by atoms with van der Waals surface area (Å²) < 4.78 is 0. The smallest absolute Gasteiger partial charge is 0.224 e. The fraction of sp³-hybridized carbons (Fsp3) is 0.250. The van der Waals surface area contributed by atoms with Gasteiger partial charge < -0.3 is 10.2 Å². The van der Waals surface area contributed by atoms with Crippen molar-refractivity contribution in [2.24, 2.45) is 0 Å². The zero-order valence-corrected chi connectivity index (χ0v) is 14.1. The summed E-state index contributed by atoms with van der Waals surface area (Å²) in [5, 5.41) is 4.39. The molecule has 4 rings (SSSR count). The van der Waals surface area contributed by atoms with Crippen LogP contribution < -0.4 is 5.32 Å². The van der Waals surface area contributed by atoms with Crippen LogP contribution >= 0.6 is 0 Å². The lowest BCUT2D eigenvalue weighted by molar-refractivity contribution is -0.132. The maximum Gasteiger partial charge on any atom is 0.224 e. The lowest BCUT2D eigenvalue weighted by Crippen LogP contribution is -2.41. The zero-order chi connectivity index (χ0) is 17.2. The Labute approximate surface area is 146 Å². The molecule has 0 saturated carbocycles. The molecule has 3 aromatic rings. The van der Waals surface area contributed by atoms with Gasteiger partial charge in [0.2, 0.25) is 11.9 Å². The molecule has 1 aromatic heterocycles. The van der Waals surface area contributed by atoms with E-state index in [2.05, 4.69) is 22.4 Å². The number of fused-ring (bicyclic) bond motifs is 1. The van der Waals surface area contributed by atoms with Gasteiger partial charge in [-0.05, 0) is 12.5 Å². The van der Waals surface area contributed by atoms with Crippen molar-refractivity contribution in [1.29, 1.82) is 0 Å². The monoisotopic (exact) mass is 332 g/mol. The molecule has 5 nitrogen and oxygen atoms in total. The van der Waals surface area contributed by atoms with Crippen LogP contribution in [0.15, 0.2) is 54.6 Å². The highest BCUT2D eigenvalue weighted by Gasteiger charge is 2.24. The minimum atomic E-state index is 0.0773. The van der Waals surface area contributed by atoms with Gasteiger partial charge >= 0.3 is 0 Å². The largest absolute Gasteiger partial charge is 0.351 e. The third kappa shape index (κ3) is 3.18. The lowest BCUT2D eigenvalue weighted by atomic mass is 10.0. The van der Waals surface area contributed by atoms with Crippen molar-refractivity contribution in [3.63, 3.8) is 0 Å². The van der Waals surface area contributed by atoms with E-state index >= 15 is 0 Å². The van der Waals surface area contributed by atoms with Gasteiger partial charge in [0.25, 0.3) is 0 Å². The Morgan fingerprint density at radius 2 is 1.80 bits per heavy atom. The van der Waals surface area contributed by atoms with Crippen LogP contribution in [0.4, 0.5) is 5.95 Å². The number of nitrogens with zero attached hydrogens (tertiary/aromatic N) is 3. The quantitative estimate of drug-likeness (QED) is 0.799. The fourth-order valence-electron chi connectivity index (χ4n) is 3.21. The molecule has 2 heterocycles. The second-order valence-corrected chi connectivity index (χ2v) is 6.43. The molecule has 1 fully saturated rings. The average Bonchev–Trinajstić information content (AvgIpc) is 2.65. The van der Waals surface area contributed by atoms with Gasteiger partial charge in [0.15, 0.2) is 0 Å². The highest BCUT2D eigenvalue weighted by Crippen LogP contribution is 2.27. The van der Waals surface area contributed by atoms with Crippen molar-refractivity contribution >= 4 is 22.8 Å². The second kappa shape index (κ2) is 6.51. The molecular weight excluding hydrogens is 312 g/mol. The summed E-state index contributed by atoms with van der Waals surface area (Å²) in [5.41, 5.74) is 2.87. The number of rotatable bonds is 3. The van der Waals surface area contributed by atoms with Crippen LogP contribution in [0.3, 0.4) is 0 Å². The minimum absolute atomic E-state index is 0.0773. The number of piperidine rings is 1. The van der Waals surface area contributed by atoms with Crippen LogP contribution in [0.25, 0.3) is 22.2 Å². The van der Waals surface area contributed by atoms with Gasteiger partial charge in [0.05, 0.1) is 11.2 Å². The van der Waals surface area contributed by atoms with Crippen molar-refractivity contribution in [3.8, 4) is 11.3 Å². The van der Waals surface area contributed by atoms with E-state index in [4.69, 9.17) is 4.98 Å². The Kier molecular flexibility index (Phi) is 4.06. The Balaban J connectivity index is 1.72. The number of hydrogen-bond donors (Lipinski definition) is 1. The summed E-state index contributed by atoms with van der Waals surface area (Å²) in [6.07, 6.45) is 1.38. The Morgan fingerprint density at radius 1 is 1.04 bits per heavy atom. The van der Waals surface area contributed by atoms with E-state index in [0.717, 1.165) is 35.1 Å². The summed E-state index contributed by atoms with van der Waals surface area (Å²) in [6, 6.07) is 18.2. The highest BCUT2D eigenvalue weighted by atomic mass is 16.2. The number of nitrogens with one attached hydrogen (secondary N) is 1. The Hall–Kier alpha value is -2.95. The Bertz CT molecular complexity index is 910. The van der Waals surface area contributed by atoms with Gasteiger partial charge in [-0.2, -0.15) is 0 Å². The molecule has 126 valence electrons. The number of para-hydroxylation sites is 1. The molecule has 25 heavy (non-hydrogen) atoms. The third-order valence-corrected chi connectivity index (χ3v) is 4.64. The van der Waals surface area contributed by atoms with Crippen LogP contribution in [-0.4, -0.2) is 40.4 Å². The van der Waals surface area contributed by atoms with E-state index in [0.29, 0.717) is 12.4 Å². The molecule has 0 aliphatic carbocycles. The minimum Gasteiger partial charge on any atom is -0.351 e. The number of carbonyl (C=O) groups is 1. The molecule has 0 bridgehead atoms. The van der Waals surface area contributed by atoms with E-state index in [1.807, 2.05) is 49.5 Å². The summed E-state index contributed by atoms with van der Waals surface area (Å²) in [6.45, 7) is 0.760. The molecule has 1 atom stereocenters. The second-order valence-electron chi connectivity index (χ2n) is 6.43. The fourth-order valence-corrected chi connectivity index (χ4v) is 3.21. The molecule has 1 unspecified atom stereocenters. The zero-order valence-electron chi connectivity index (χ0n) is 14.1. The first-order valence-electron chi connectivity index (χ1n) is 8.53. The van der Waals surface area contributed by atoms with Gasteiger partial charge in [0.1, 0.15) is 0 Å². The van der Waals surface area contributed by atoms with Crippen LogP contribution in [0.1, 0.15) is 12.8 Å². The van der Waals surface area contributed by atoms with Gasteiger partial charge in [-0.25, -0.2) is 9.97 Å². The molecule has 1 N–H and O–H groups in total. The number of likely N-dealkylation sites (tertiary alicyclic amines) is 1. The van der Waals surface area contributed by atoms with Crippen LogP contribution in [0, 0.1) is 0 Å². The van der Waals surface area contributed by atoms with Gasteiger partial charge in [-0.1, -0.05) is 48.5 Å². The van der Waals surface area contributed by atoms with E-state index in [1.54, 1.807) is 4.90 Å². The maximum atomic E-state index is 11.9. The van der Waals surface area contributed by atoms with Gasteiger partial charge in [-0.3, -0.25) is 4.79 Å². The van der Waals surface area contributed by atoms with Gasteiger partial charge in [0, 0.05) is 37.0 Å². The van der Waals surface area contributed by atoms with Crippen molar-refractivity contribution < 1.29 is 4.79 Å². The predicted molar refractivity (Wildman–Crippen MR) is 99.3 cm³/mol. The molecule has 2 aromatic carbocycles. The maximum absolute atomic E-state index is 11.9. The molecule has 1 aliphatic rings. The van der Waals surface area contributed by atoms with Crippen LogP contribution in [-0.2, 0) is 4.79 Å². The molecule has 0 radical (unpaired) electrons. The highest BCUT2D eigenvalue weighted by molar-refractivity contribution is 5.93. The number of benzene rings is 2. The van der Waals surface area contributed by atoms with Gasteiger partial charge in [-0.15, -0.1) is 0 Å². The number of carbonyl (C=O) groups excluding carboxylic acids is 1. The first-order valence-corrected chi connectivity index (χ1v) is 8.53. The normalized spacial score (nSPS) is 17.7. The van der Waals surface area contributed by atoms with E-state index in [9.17, 15) is 4.79 Å². The summed E-state index contributed by atoms with van der Waals surface area (Å²) in [7, 11) is 1.85. The average molecular weight is 332 g/mol. The number of anilines is 1. The number of amides is 1. The predicted octanol–water partition coefficient (Wildman–Crippen LogP) is 3.33. The standard InChI is InChI=1S/C20H20N4O/c1-24-12-11-15(13-18(24)25)21-20-22-17-10-6-5-9-16(17)19(23-20)14-7-3-2-4-8-14/h2-10,15H,11-13H2,1H3,(H,21,22,23). The molecule has 1 amide bonds. The molecule has 1 saturated heterocycles. The number of hydrogen-bond acceptors (Lipinski definition) is 4. The van der Waals surface area contributed by atoms with Crippen LogP contribution in [0.5, 0.6) is 0 Å². The van der Waals surface area contributed by atoms with Crippen molar-refractivity contribution in [1.82, 2.24) is 14.9 Å². The topological polar surface area (TPSA) is 58.1 Å². The van der Waals surface area contributed by atoms with Crippen molar-refractivity contribution in [3.05, 3.63) is 54.6 Å². The number of aromatic nitrogens is 2. The lowest BCUT2D eigenvalue weighted by Gasteiger charge is -2.29. The Morgan fingerprint density at radius 3 is 2.60 bits per heavy atom. The molecular formula is C20H20N4O. The van der Waals surface area contributed by atoms with Crippen molar-refractivity contribution in [2.45, 2.75) is 18.9 Å². The third-order valence-electron chi connectivity index (χ3n) is 4.64. The summed E-state index contributed by atoms with van der Waals surface area (Å²) in [4.78, 5) is 23.1. The summed E-state index contributed by atoms with van der Waals surface area (Å²) >= 11 is 0. The molecule has 1 aliphatic heterocycles. The van der Waals surface area contributed by atoms with E-state index in [1.165, 1.54) is 0 Å². The summed E-state index contributed by atoms with van der Waals surface area (Å²) in [5.74, 6) is 0.743. The van der Waals surface area contributed by atoms with E-state index < -0.39 is 0 Å². The molecule has 0 spiro atoms. The van der Waals surface area contributed by atoms with Crippen molar-refractivity contribution in [2.75, 3.05) is 18.9 Å². The SMILES string of the molecule is CN1CCC(Nc2nc(-c3ccccc3)c3ccccc3n2)CC1=O. The molecule has 5 heteroatoms.